The number of nitrogens with zero attached hydrogens (tertiary/aromatic N) is 1. The van der Waals surface area contributed by atoms with E-state index in [9.17, 15) is 9.59 Å². The summed E-state index contributed by atoms with van der Waals surface area (Å²) in [4.78, 5) is 26.9. The van der Waals surface area contributed by atoms with Crippen LogP contribution in [0.25, 0.3) is 0 Å². The molecule has 1 unspecified atom stereocenters. The minimum Gasteiger partial charge on any atom is -0.318 e. The summed E-state index contributed by atoms with van der Waals surface area (Å²) in [7, 11) is 0. The Bertz CT molecular complexity index is 515. The SMILES string of the molecule is Cc1ccc2c(c1)C(=O)N1CSCC1C(=O)S2. The molecule has 0 aliphatic carbocycles. The first-order valence-corrected chi connectivity index (χ1v) is 7.35. The maximum Gasteiger partial charge on any atom is 0.256 e. The van der Waals surface area contributed by atoms with Crippen LogP contribution in [0, 0.1) is 6.92 Å². The summed E-state index contributed by atoms with van der Waals surface area (Å²) in [5.41, 5.74) is 1.73. The summed E-state index contributed by atoms with van der Waals surface area (Å²) >= 11 is 2.85. The van der Waals surface area contributed by atoms with Crippen molar-refractivity contribution in [3.8, 4) is 0 Å². The molecular weight excluding hydrogens is 254 g/mol. The van der Waals surface area contributed by atoms with Crippen LogP contribution in [0.5, 0.6) is 0 Å². The van der Waals surface area contributed by atoms with Gasteiger partial charge in [-0.1, -0.05) is 11.6 Å². The molecule has 0 radical (unpaired) electrons. The molecule has 2 heterocycles. The third-order valence-electron chi connectivity index (χ3n) is 2.99. The van der Waals surface area contributed by atoms with Crippen molar-refractivity contribution in [3.63, 3.8) is 0 Å². The highest BCUT2D eigenvalue weighted by Crippen LogP contribution is 2.36. The first-order valence-electron chi connectivity index (χ1n) is 5.38. The van der Waals surface area contributed by atoms with E-state index in [-0.39, 0.29) is 17.1 Å². The summed E-state index contributed by atoms with van der Waals surface area (Å²) in [6, 6.07) is 5.45. The van der Waals surface area contributed by atoms with Crippen LogP contribution in [0.3, 0.4) is 0 Å². The van der Waals surface area contributed by atoms with E-state index >= 15 is 0 Å². The second-order valence-electron chi connectivity index (χ2n) is 4.21. The fourth-order valence-corrected chi connectivity index (χ4v) is 4.28. The molecule has 1 fully saturated rings. The van der Waals surface area contributed by atoms with E-state index in [0.717, 1.165) is 16.2 Å². The lowest BCUT2D eigenvalue weighted by atomic mass is 10.1. The third kappa shape index (κ3) is 1.77. The van der Waals surface area contributed by atoms with Crippen LogP contribution in [0.4, 0.5) is 0 Å². The fourth-order valence-electron chi connectivity index (χ4n) is 2.07. The van der Waals surface area contributed by atoms with Gasteiger partial charge in [0.15, 0.2) is 0 Å². The fraction of sp³-hybridized carbons (Fsp3) is 0.333. The molecule has 3 rings (SSSR count). The molecule has 1 aromatic carbocycles. The van der Waals surface area contributed by atoms with Gasteiger partial charge in [-0.3, -0.25) is 9.59 Å². The van der Waals surface area contributed by atoms with Gasteiger partial charge < -0.3 is 4.90 Å². The van der Waals surface area contributed by atoms with Crippen LogP contribution in [0.15, 0.2) is 23.1 Å². The molecule has 0 aromatic heterocycles. The summed E-state index contributed by atoms with van der Waals surface area (Å²) in [6.45, 7) is 1.96. The van der Waals surface area contributed by atoms with E-state index in [1.165, 1.54) is 11.8 Å². The van der Waals surface area contributed by atoms with Gasteiger partial charge in [0.1, 0.15) is 6.04 Å². The molecule has 3 nitrogen and oxygen atoms in total. The minimum atomic E-state index is -0.245. The molecule has 2 aliphatic heterocycles. The molecule has 2 aliphatic rings. The Kier molecular flexibility index (Phi) is 2.67. The number of hydrogen-bond acceptors (Lipinski definition) is 4. The molecule has 1 saturated heterocycles. The number of amides is 1. The Morgan fingerprint density at radius 3 is 3.00 bits per heavy atom. The highest BCUT2D eigenvalue weighted by Gasteiger charge is 2.39. The van der Waals surface area contributed by atoms with Gasteiger partial charge in [0, 0.05) is 10.6 Å². The average molecular weight is 265 g/mol. The summed E-state index contributed by atoms with van der Waals surface area (Å²) in [5.74, 6) is 1.35. The number of hydrogen-bond donors (Lipinski definition) is 0. The van der Waals surface area contributed by atoms with Gasteiger partial charge in [0.25, 0.3) is 5.91 Å². The maximum atomic E-state index is 12.4. The highest BCUT2D eigenvalue weighted by atomic mass is 32.2. The largest absolute Gasteiger partial charge is 0.318 e. The van der Waals surface area contributed by atoms with Gasteiger partial charge in [-0.2, -0.15) is 0 Å². The molecule has 0 saturated carbocycles. The molecule has 0 bridgehead atoms. The molecule has 1 aromatic rings. The van der Waals surface area contributed by atoms with E-state index in [2.05, 4.69) is 0 Å². The van der Waals surface area contributed by atoms with Crippen molar-refractivity contribution >= 4 is 34.5 Å². The predicted octanol–water partition coefficient (Wildman–Crippen LogP) is 2.14. The molecule has 88 valence electrons. The number of carbonyl (C=O) groups excluding carboxylic acids is 2. The number of benzene rings is 1. The molecule has 17 heavy (non-hydrogen) atoms. The van der Waals surface area contributed by atoms with Crippen molar-refractivity contribution in [2.75, 3.05) is 11.6 Å². The average Bonchev–Trinajstić information content (AvgIpc) is 2.76. The molecule has 5 heteroatoms. The van der Waals surface area contributed by atoms with Crippen LogP contribution in [-0.2, 0) is 4.79 Å². The summed E-state index contributed by atoms with van der Waals surface area (Å²) in [5, 5.41) is 0.0888. The second-order valence-corrected chi connectivity index (χ2v) is 6.26. The highest BCUT2D eigenvalue weighted by molar-refractivity contribution is 8.14. The maximum absolute atomic E-state index is 12.4. The van der Waals surface area contributed by atoms with Crippen molar-refractivity contribution in [1.29, 1.82) is 0 Å². The second kappa shape index (κ2) is 4.07. The Hall–Kier alpha value is -0.940. The Morgan fingerprint density at radius 2 is 2.18 bits per heavy atom. The Morgan fingerprint density at radius 1 is 1.35 bits per heavy atom. The van der Waals surface area contributed by atoms with Gasteiger partial charge in [-0.15, -0.1) is 11.8 Å². The van der Waals surface area contributed by atoms with Crippen LogP contribution in [-0.4, -0.2) is 33.6 Å². The molecule has 1 amide bonds. The molecule has 0 spiro atoms. The third-order valence-corrected chi connectivity index (χ3v) is 5.05. The summed E-state index contributed by atoms with van der Waals surface area (Å²) in [6.07, 6.45) is 0. The number of carbonyl (C=O) groups is 2. The van der Waals surface area contributed by atoms with Crippen LogP contribution >= 0.6 is 23.5 Å². The van der Waals surface area contributed by atoms with E-state index in [0.29, 0.717) is 11.4 Å². The van der Waals surface area contributed by atoms with Gasteiger partial charge in [-0.05, 0) is 30.8 Å². The van der Waals surface area contributed by atoms with Crippen molar-refractivity contribution in [2.45, 2.75) is 17.9 Å². The molecule has 1 atom stereocenters. The van der Waals surface area contributed by atoms with Crippen molar-refractivity contribution in [2.24, 2.45) is 0 Å². The van der Waals surface area contributed by atoms with Gasteiger partial charge >= 0.3 is 0 Å². The monoisotopic (exact) mass is 265 g/mol. The lowest BCUT2D eigenvalue weighted by Gasteiger charge is -2.19. The van der Waals surface area contributed by atoms with Crippen LogP contribution in [0.2, 0.25) is 0 Å². The first kappa shape index (κ1) is 11.2. The number of aryl methyl sites for hydroxylation is 1. The Balaban J connectivity index is 2.12. The van der Waals surface area contributed by atoms with Gasteiger partial charge in [0.2, 0.25) is 5.12 Å². The number of thioether (sulfide) groups is 2. The van der Waals surface area contributed by atoms with E-state index in [1.54, 1.807) is 16.7 Å². The van der Waals surface area contributed by atoms with Crippen molar-refractivity contribution in [1.82, 2.24) is 4.90 Å². The van der Waals surface area contributed by atoms with Gasteiger partial charge in [0.05, 0.1) is 11.4 Å². The van der Waals surface area contributed by atoms with Crippen molar-refractivity contribution in [3.05, 3.63) is 29.3 Å². The van der Waals surface area contributed by atoms with E-state index in [4.69, 9.17) is 0 Å². The zero-order chi connectivity index (χ0) is 12.0. The number of rotatable bonds is 0. The Labute approximate surface area is 108 Å². The zero-order valence-electron chi connectivity index (χ0n) is 9.30. The first-order chi connectivity index (χ1) is 8.16. The van der Waals surface area contributed by atoms with Crippen LogP contribution < -0.4 is 0 Å². The zero-order valence-corrected chi connectivity index (χ0v) is 10.9. The molecular formula is C12H11NO2S2. The normalized spacial score (nSPS) is 23.4. The minimum absolute atomic E-state index is 0.00273. The quantitative estimate of drug-likeness (QED) is 0.720. The predicted molar refractivity (Wildman–Crippen MR) is 69.3 cm³/mol. The van der Waals surface area contributed by atoms with Crippen LogP contribution in [0.1, 0.15) is 15.9 Å². The number of fused-ring (bicyclic) bond motifs is 2. The van der Waals surface area contributed by atoms with Gasteiger partial charge in [-0.25, -0.2) is 0 Å². The molecule has 0 N–H and O–H groups in total. The lowest BCUT2D eigenvalue weighted by Crippen LogP contribution is -2.39. The topological polar surface area (TPSA) is 37.4 Å². The van der Waals surface area contributed by atoms with Crippen molar-refractivity contribution < 1.29 is 9.59 Å². The summed E-state index contributed by atoms with van der Waals surface area (Å²) < 4.78 is 0. The standard InChI is InChI=1S/C12H11NO2S2/c1-7-2-3-10-8(4-7)11(14)13-6-16-5-9(13)12(15)17-10/h2-4,9H,5-6H2,1H3. The van der Waals surface area contributed by atoms with E-state index in [1.807, 2.05) is 25.1 Å². The smallest absolute Gasteiger partial charge is 0.256 e. The van der Waals surface area contributed by atoms with E-state index < -0.39 is 0 Å². The lowest BCUT2D eigenvalue weighted by molar-refractivity contribution is -0.113.